The number of anilines is 2. The van der Waals surface area contributed by atoms with Crippen molar-refractivity contribution in [3.05, 3.63) is 69.9 Å². The van der Waals surface area contributed by atoms with Gasteiger partial charge in [-0.15, -0.1) is 0 Å². The standard InChI is InChI=1S/C20H20N4O3/c1-13-6-4-8-16(14(13)2)22-19(25)12-23(3)18-10-9-17(24(26)27)15-7-5-11-21-20(15)18/h4-11H,12H2,1-3H3,(H,22,25). The molecule has 0 saturated heterocycles. The summed E-state index contributed by atoms with van der Waals surface area (Å²) >= 11 is 0. The molecule has 0 saturated carbocycles. The highest BCUT2D eigenvalue weighted by Gasteiger charge is 2.18. The monoisotopic (exact) mass is 364 g/mol. The normalized spacial score (nSPS) is 10.6. The molecule has 0 spiro atoms. The molecule has 1 N–H and O–H groups in total. The van der Waals surface area contributed by atoms with Crippen LogP contribution in [-0.2, 0) is 4.79 Å². The molecule has 1 amide bonds. The molecule has 3 aromatic rings. The van der Waals surface area contributed by atoms with Crippen molar-refractivity contribution in [1.82, 2.24) is 4.98 Å². The summed E-state index contributed by atoms with van der Waals surface area (Å²) in [6.07, 6.45) is 1.58. The highest BCUT2D eigenvalue weighted by atomic mass is 16.6. The molecule has 0 unspecified atom stereocenters. The van der Waals surface area contributed by atoms with Crippen molar-refractivity contribution in [2.75, 3.05) is 23.8 Å². The fourth-order valence-electron chi connectivity index (χ4n) is 2.99. The van der Waals surface area contributed by atoms with Crippen molar-refractivity contribution in [3.8, 4) is 0 Å². The number of nitro benzene ring substituents is 1. The molecule has 1 heterocycles. The third kappa shape index (κ3) is 3.72. The van der Waals surface area contributed by atoms with Gasteiger partial charge in [0, 0.05) is 25.0 Å². The summed E-state index contributed by atoms with van der Waals surface area (Å²) in [6, 6.07) is 12.1. The van der Waals surface area contributed by atoms with E-state index in [1.807, 2.05) is 32.0 Å². The fourth-order valence-corrected chi connectivity index (χ4v) is 2.99. The first-order valence-corrected chi connectivity index (χ1v) is 8.48. The number of hydrogen-bond donors (Lipinski definition) is 1. The molecule has 27 heavy (non-hydrogen) atoms. The first-order chi connectivity index (χ1) is 12.9. The van der Waals surface area contributed by atoms with Crippen molar-refractivity contribution < 1.29 is 9.72 Å². The smallest absolute Gasteiger partial charge is 0.278 e. The molecular formula is C20H20N4O3. The molecule has 138 valence electrons. The quantitative estimate of drug-likeness (QED) is 0.549. The lowest BCUT2D eigenvalue weighted by Crippen LogP contribution is -2.30. The molecule has 1 aromatic heterocycles. The van der Waals surface area contributed by atoms with Gasteiger partial charge in [-0.2, -0.15) is 0 Å². The SMILES string of the molecule is Cc1cccc(NC(=O)CN(C)c2ccc([N+](=O)[O-])c3cccnc23)c1C. The van der Waals surface area contributed by atoms with E-state index in [0.717, 1.165) is 16.8 Å². The van der Waals surface area contributed by atoms with Crippen LogP contribution in [0.15, 0.2) is 48.7 Å². The highest BCUT2D eigenvalue weighted by Crippen LogP contribution is 2.31. The fraction of sp³-hybridized carbons (Fsp3) is 0.200. The van der Waals surface area contributed by atoms with Gasteiger partial charge in [-0.05, 0) is 49.2 Å². The van der Waals surface area contributed by atoms with E-state index in [4.69, 9.17) is 0 Å². The van der Waals surface area contributed by atoms with Crippen molar-refractivity contribution >= 4 is 33.9 Å². The second-order valence-corrected chi connectivity index (χ2v) is 6.41. The van der Waals surface area contributed by atoms with Crippen LogP contribution in [0.25, 0.3) is 10.9 Å². The average Bonchev–Trinajstić information content (AvgIpc) is 2.64. The topological polar surface area (TPSA) is 88.4 Å². The summed E-state index contributed by atoms with van der Waals surface area (Å²) in [5.41, 5.74) is 4.05. The van der Waals surface area contributed by atoms with E-state index in [1.54, 1.807) is 36.3 Å². The summed E-state index contributed by atoms with van der Waals surface area (Å²) in [6.45, 7) is 4.05. The van der Waals surface area contributed by atoms with Gasteiger partial charge < -0.3 is 10.2 Å². The lowest BCUT2D eigenvalue weighted by molar-refractivity contribution is -0.383. The number of hydrogen-bond acceptors (Lipinski definition) is 5. The number of likely N-dealkylation sites (N-methyl/N-ethyl adjacent to an activating group) is 1. The van der Waals surface area contributed by atoms with Crippen LogP contribution < -0.4 is 10.2 Å². The number of rotatable bonds is 5. The number of carbonyl (C=O) groups is 1. The Kier molecular flexibility index (Phi) is 5.03. The molecular weight excluding hydrogens is 344 g/mol. The summed E-state index contributed by atoms with van der Waals surface area (Å²) < 4.78 is 0. The number of aryl methyl sites for hydroxylation is 1. The predicted octanol–water partition coefficient (Wildman–Crippen LogP) is 3.83. The van der Waals surface area contributed by atoms with E-state index in [1.165, 1.54) is 6.07 Å². The van der Waals surface area contributed by atoms with Crippen LogP contribution in [0.1, 0.15) is 11.1 Å². The Morgan fingerprint density at radius 2 is 1.96 bits per heavy atom. The van der Waals surface area contributed by atoms with Gasteiger partial charge in [-0.25, -0.2) is 0 Å². The number of amides is 1. The van der Waals surface area contributed by atoms with E-state index in [2.05, 4.69) is 10.3 Å². The molecule has 0 bridgehead atoms. The number of nitrogens with one attached hydrogen (secondary N) is 1. The zero-order chi connectivity index (χ0) is 19.6. The van der Waals surface area contributed by atoms with Gasteiger partial charge in [-0.3, -0.25) is 19.9 Å². The van der Waals surface area contributed by atoms with Crippen molar-refractivity contribution in [3.63, 3.8) is 0 Å². The van der Waals surface area contributed by atoms with Crippen LogP contribution in [0.3, 0.4) is 0 Å². The molecule has 0 aliphatic rings. The Hall–Kier alpha value is -3.48. The van der Waals surface area contributed by atoms with Gasteiger partial charge >= 0.3 is 0 Å². The molecule has 0 atom stereocenters. The van der Waals surface area contributed by atoms with Crippen LogP contribution in [0, 0.1) is 24.0 Å². The van der Waals surface area contributed by atoms with Crippen LogP contribution in [0.5, 0.6) is 0 Å². The predicted molar refractivity (Wildman–Crippen MR) is 106 cm³/mol. The minimum Gasteiger partial charge on any atom is -0.364 e. The first kappa shape index (κ1) is 18.3. The number of aromatic nitrogens is 1. The number of nitrogens with zero attached hydrogens (tertiary/aromatic N) is 3. The van der Waals surface area contributed by atoms with E-state index in [-0.39, 0.29) is 18.1 Å². The van der Waals surface area contributed by atoms with Gasteiger partial charge in [0.2, 0.25) is 5.91 Å². The largest absolute Gasteiger partial charge is 0.364 e. The van der Waals surface area contributed by atoms with Crippen molar-refractivity contribution in [1.29, 1.82) is 0 Å². The number of pyridine rings is 1. The van der Waals surface area contributed by atoms with Crippen LogP contribution >= 0.6 is 0 Å². The molecule has 0 radical (unpaired) electrons. The Bertz CT molecular complexity index is 1030. The lowest BCUT2D eigenvalue weighted by Gasteiger charge is -2.20. The minimum absolute atomic E-state index is 0.00455. The van der Waals surface area contributed by atoms with Gasteiger partial charge in [0.25, 0.3) is 5.69 Å². The molecule has 0 aliphatic heterocycles. The summed E-state index contributed by atoms with van der Waals surface area (Å²) in [5.74, 6) is -0.173. The lowest BCUT2D eigenvalue weighted by atomic mass is 10.1. The third-order valence-corrected chi connectivity index (χ3v) is 4.59. The van der Waals surface area contributed by atoms with E-state index in [9.17, 15) is 14.9 Å². The number of nitro groups is 1. The maximum Gasteiger partial charge on any atom is 0.278 e. The molecule has 3 rings (SSSR count). The zero-order valence-corrected chi connectivity index (χ0v) is 15.4. The Labute approximate surface area is 156 Å². The van der Waals surface area contributed by atoms with Gasteiger partial charge in [0.1, 0.15) is 5.52 Å². The maximum absolute atomic E-state index is 12.5. The number of non-ortho nitro benzene ring substituents is 1. The van der Waals surface area contributed by atoms with Crippen molar-refractivity contribution in [2.24, 2.45) is 0 Å². The highest BCUT2D eigenvalue weighted by molar-refractivity contribution is 6.00. The Balaban J connectivity index is 1.85. The van der Waals surface area contributed by atoms with E-state index in [0.29, 0.717) is 16.6 Å². The molecule has 7 nitrogen and oxygen atoms in total. The van der Waals surface area contributed by atoms with Crippen molar-refractivity contribution in [2.45, 2.75) is 13.8 Å². The van der Waals surface area contributed by atoms with E-state index < -0.39 is 4.92 Å². The van der Waals surface area contributed by atoms with E-state index >= 15 is 0 Å². The maximum atomic E-state index is 12.5. The van der Waals surface area contributed by atoms with Gasteiger partial charge in [0.05, 0.1) is 22.5 Å². The second-order valence-electron chi connectivity index (χ2n) is 6.41. The Morgan fingerprint density at radius 3 is 2.70 bits per heavy atom. The molecule has 7 heteroatoms. The molecule has 0 aliphatic carbocycles. The number of fused-ring (bicyclic) bond motifs is 1. The third-order valence-electron chi connectivity index (χ3n) is 4.59. The molecule has 2 aromatic carbocycles. The second kappa shape index (κ2) is 7.41. The minimum atomic E-state index is -0.430. The van der Waals surface area contributed by atoms with Gasteiger partial charge in [0.15, 0.2) is 0 Å². The molecule has 0 fully saturated rings. The average molecular weight is 364 g/mol. The first-order valence-electron chi connectivity index (χ1n) is 8.48. The van der Waals surface area contributed by atoms with Gasteiger partial charge in [-0.1, -0.05) is 12.1 Å². The van der Waals surface area contributed by atoms with Crippen LogP contribution in [-0.4, -0.2) is 29.4 Å². The number of benzene rings is 2. The summed E-state index contributed by atoms with van der Waals surface area (Å²) in [7, 11) is 1.76. The summed E-state index contributed by atoms with van der Waals surface area (Å²) in [4.78, 5) is 29.3. The zero-order valence-electron chi connectivity index (χ0n) is 15.4. The Morgan fingerprint density at radius 1 is 1.19 bits per heavy atom. The van der Waals surface area contributed by atoms with Crippen LogP contribution in [0.2, 0.25) is 0 Å². The van der Waals surface area contributed by atoms with Crippen LogP contribution in [0.4, 0.5) is 17.1 Å². The number of carbonyl (C=O) groups excluding carboxylic acids is 1. The summed E-state index contributed by atoms with van der Waals surface area (Å²) in [5, 5.41) is 14.6.